The molecule has 102 valence electrons. The summed E-state index contributed by atoms with van der Waals surface area (Å²) in [5, 5.41) is 0. The van der Waals surface area contributed by atoms with Crippen molar-refractivity contribution in [2.45, 2.75) is 46.2 Å². The first-order chi connectivity index (χ1) is 8.52. The normalized spacial score (nSPS) is 13.3. The Morgan fingerprint density at radius 3 is 2.11 bits per heavy atom. The zero-order valence-electron chi connectivity index (χ0n) is 12.3. The van der Waals surface area contributed by atoms with Crippen molar-refractivity contribution in [2.24, 2.45) is 11.7 Å². The van der Waals surface area contributed by atoms with Gasteiger partial charge in [0.15, 0.2) is 0 Å². The maximum Gasteiger partial charge on any atom is 0.0233 e. The number of rotatable bonds is 7. The molecule has 0 saturated heterocycles. The van der Waals surface area contributed by atoms with E-state index in [9.17, 15) is 0 Å². The third kappa shape index (κ3) is 5.19. The molecule has 2 heteroatoms. The van der Waals surface area contributed by atoms with Gasteiger partial charge in [0, 0.05) is 12.6 Å². The number of hydrogen-bond donors (Lipinski definition) is 1. The number of hydrogen-bond acceptors (Lipinski definition) is 2. The van der Waals surface area contributed by atoms with Crippen molar-refractivity contribution < 1.29 is 0 Å². The maximum absolute atomic E-state index is 5.60. The Bertz CT molecular complexity index is 329. The van der Waals surface area contributed by atoms with Crippen LogP contribution in [0, 0.1) is 5.92 Å². The quantitative estimate of drug-likeness (QED) is 0.803. The van der Waals surface area contributed by atoms with E-state index in [1.807, 2.05) is 0 Å². The molecule has 1 rings (SSSR count). The molecule has 0 amide bonds. The van der Waals surface area contributed by atoms with Gasteiger partial charge in [0.05, 0.1) is 0 Å². The van der Waals surface area contributed by atoms with Gasteiger partial charge in [-0.1, -0.05) is 38.1 Å². The van der Waals surface area contributed by atoms with Crippen molar-refractivity contribution in [3.8, 4) is 0 Å². The molecule has 0 fully saturated rings. The molecule has 0 bridgehead atoms. The van der Waals surface area contributed by atoms with E-state index in [1.165, 1.54) is 17.5 Å². The van der Waals surface area contributed by atoms with Gasteiger partial charge in [0.2, 0.25) is 0 Å². The molecule has 0 aliphatic rings. The minimum absolute atomic E-state index is 0.547. The zero-order valence-corrected chi connectivity index (χ0v) is 12.3. The molecular formula is C16H28N2. The number of benzene rings is 1. The van der Waals surface area contributed by atoms with Gasteiger partial charge in [-0.25, -0.2) is 0 Å². The van der Waals surface area contributed by atoms with Gasteiger partial charge >= 0.3 is 0 Å². The SMILES string of the molecule is CC(C)Cc1ccc(CN(C)C(C)CCN)cc1. The highest BCUT2D eigenvalue weighted by molar-refractivity contribution is 5.22. The third-order valence-electron chi connectivity index (χ3n) is 3.44. The summed E-state index contributed by atoms with van der Waals surface area (Å²) in [6.45, 7) is 8.52. The van der Waals surface area contributed by atoms with E-state index in [-0.39, 0.29) is 0 Å². The summed E-state index contributed by atoms with van der Waals surface area (Å²) in [5.74, 6) is 0.725. The lowest BCUT2D eigenvalue weighted by Crippen LogP contribution is -2.30. The molecule has 0 spiro atoms. The van der Waals surface area contributed by atoms with E-state index >= 15 is 0 Å². The lowest BCUT2D eigenvalue weighted by Gasteiger charge is -2.24. The Morgan fingerprint density at radius 2 is 1.61 bits per heavy atom. The lowest BCUT2D eigenvalue weighted by atomic mass is 10.0. The van der Waals surface area contributed by atoms with Crippen molar-refractivity contribution in [3.63, 3.8) is 0 Å². The highest BCUT2D eigenvalue weighted by atomic mass is 15.1. The molecule has 1 aromatic rings. The average Bonchev–Trinajstić information content (AvgIpc) is 2.31. The van der Waals surface area contributed by atoms with Crippen LogP contribution in [0.15, 0.2) is 24.3 Å². The van der Waals surface area contributed by atoms with E-state index in [2.05, 4.69) is 57.0 Å². The topological polar surface area (TPSA) is 29.3 Å². The van der Waals surface area contributed by atoms with Crippen molar-refractivity contribution in [1.82, 2.24) is 4.90 Å². The molecule has 2 N–H and O–H groups in total. The Labute approximate surface area is 112 Å². The van der Waals surface area contributed by atoms with Gasteiger partial charge in [-0.2, -0.15) is 0 Å². The van der Waals surface area contributed by atoms with Gasteiger partial charge in [0.1, 0.15) is 0 Å². The standard InChI is InChI=1S/C16H28N2/c1-13(2)11-15-5-7-16(8-6-15)12-18(4)14(3)9-10-17/h5-8,13-14H,9-12,17H2,1-4H3. The number of nitrogens with two attached hydrogens (primary N) is 1. The van der Waals surface area contributed by atoms with Gasteiger partial charge < -0.3 is 5.73 Å². The molecule has 1 aromatic carbocycles. The van der Waals surface area contributed by atoms with Crippen LogP contribution in [0.4, 0.5) is 0 Å². The van der Waals surface area contributed by atoms with E-state index in [0.717, 1.165) is 25.4 Å². The van der Waals surface area contributed by atoms with E-state index in [0.29, 0.717) is 6.04 Å². The fourth-order valence-electron chi connectivity index (χ4n) is 2.16. The van der Waals surface area contributed by atoms with Gasteiger partial charge in [-0.05, 0) is 50.4 Å². The first kappa shape index (κ1) is 15.2. The van der Waals surface area contributed by atoms with Crippen LogP contribution >= 0.6 is 0 Å². The van der Waals surface area contributed by atoms with Crippen LogP contribution in [-0.4, -0.2) is 24.5 Å². The summed E-state index contributed by atoms with van der Waals surface area (Å²) in [5.41, 5.74) is 8.42. The van der Waals surface area contributed by atoms with E-state index < -0.39 is 0 Å². The van der Waals surface area contributed by atoms with Crippen molar-refractivity contribution >= 4 is 0 Å². The second-order valence-corrected chi connectivity index (χ2v) is 5.76. The summed E-state index contributed by atoms with van der Waals surface area (Å²) in [7, 11) is 2.17. The lowest BCUT2D eigenvalue weighted by molar-refractivity contribution is 0.240. The molecule has 0 aliphatic carbocycles. The summed E-state index contributed by atoms with van der Waals surface area (Å²) < 4.78 is 0. The van der Waals surface area contributed by atoms with Crippen LogP contribution in [0.1, 0.15) is 38.3 Å². The summed E-state index contributed by atoms with van der Waals surface area (Å²) in [6, 6.07) is 9.57. The fourth-order valence-corrected chi connectivity index (χ4v) is 2.16. The minimum atomic E-state index is 0.547. The van der Waals surface area contributed by atoms with Crippen LogP contribution in [0.25, 0.3) is 0 Å². The Hall–Kier alpha value is -0.860. The first-order valence-corrected chi connectivity index (χ1v) is 7.01. The Kier molecular flexibility index (Phi) is 6.37. The molecule has 0 saturated carbocycles. The molecular weight excluding hydrogens is 220 g/mol. The fraction of sp³-hybridized carbons (Fsp3) is 0.625. The van der Waals surface area contributed by atoms with E-state index in [1.54, 1.807) is 0 Å². The Morgan fingerprint density at radius 1 is 1.06 bits per heavy atom. The highest BCUT2D eigenvalue weighted by Crippen LogP contribution is 2.12. The van der Waals surface area contributed by atoms with Gasteiger partial charge in [-0.15, -0.1) is 0 Å². The predicted octanol–water partition coefficient (Wildman–Crippen LogP) is 3.05. The number of nitrogens with zero attached hydrogens (tertiary/aromatic N) is 1. The molecule has 1 unspecified atom stereocenters. The smallest absolute Gasteiger partial charge is 0.0233 e. The van der Waals surface area contributed by atoms with Gasteiger partial charge in [0.25, 0.3) is 0 Å². The maximum atomic E-state index is 5.60. The van der Waals surface area contributed by atoms with Crippen LogP contribution in [-0.2, 0) is 13.0 Å². The van der Waals surface area contributed by atoms with Crippen LogP contribution < -0.4 is 5.73 Å². The van der Waals surface area contributed by atoms with E-state index in [4.69, 9.17) is 5.73 Å². The van der Waals surface area contributed by atoms with Crippen molar-refractivity contribution in [3.05, 3.63) is 35.4 Å². The largest absolute Gasteiger partial charge is 0.330 e. The first-order valence-electron chi connectivity index (χ1n) is 7.01. The monoisotopic (exact) mass is 248 g/mol. The molecule has 1 atom stereocenters. The van der Waals surface area contributed by atoms with Crippen molar-refractivity contribution in [1.29, 1.82) is 0 Å². The van der Waals surface area contributed by atoms with Crippen LogP contribution in [0.5, 0.6) is 0 Å². The molecule has 2 nitrogen and oxygen atoms in total. The molecule has 18 heavy (non-hydrogen) atoms. The second-order valence-electron chi connectivity index (χ2n) is 5.76. The summed E-state index contributed by atoms with van der Waals surface area (Å²) >= 11 is 0. The Balaban J connectivity index is 2.52. The minimum Gasteiger partial charge on any atom is -0.330 e. The molecule has 0 heterocycles. The third-order valence-corrected chi connectivity index (χ3v) is 3.44. The van der Waals surface area contributed by atoms with Gasteiger partial charge in [-0.3, -0.25) is 4.90 Å². The molecule has 0 radical (unpaired) electrons. The highest BCUT2D eigenvalue weighted by Gasteiger charge is 2.08. The average molecular weight is 248 g/mol. The van der Waals surface area contributed by atoms with Crippen molar-refractivity contribution in [2.75, 3.05) is 13.6 Å². The van der Waals surface area contributed by atoms with Crippen LogP contribution in [0.2, 0.25) is 0 Å². The summed E-state index contributed by atoms with van der Waals surface area (Å²) in [4.78, 5) is 2.37. The predicted molar refractivity (Wildman–Crippen MR) is 79.6 cm³/mol. The zero-order chi connectivity index (χ0) is 13.5. The summed E-state index contributed by atoms with van der Waals surface area (Å²) in [6.07, 6.45) is 2.22. The van der Waals surface area contributed by atoms with Crippen LogP contribution in [0.3, 0.4) is 0 Å². The second kappa shape index (κ2) is 7.55. The molecule has 0 aromatic heterocycles. The molecule has 0 aliphatic heterocycles.